The van der Waals surface area contributed by atoms with Crippen molar-refractivity contribution in [1.29, 1.82) is 0 Å². The third-order valence-electron chi connectivity index (χ3n) is 0. The SMILES string of the molecule is C[CH-]C.C[CH-]C.C[CH-]C.P.[Pd]. The van der Waals surface area contributed by atoms with Gasteiger partial charge >= 0.3 is 0 Å². The minimum absolute atomic E-state index is 0. The summed E-state index contributed by atoms with van der Waals surface area (Å²) in [7, 11) is 0. The van der Waals surface area contributed by atoms with Gasteiger partial charge in [0.15, 0.2) is 0 Å². The Labute approximate surface area is 91.2 Å². The van der Waals surface area contributed by atoms with E-state index < -0.39 is 0 Å². The summed E-state index contributed by atoms with van der Waals surface area (Å²) >= 11 is 0. The van der Waals surface area contributed by atoms with Gasteiger partial charge in [0.2, 0.25) is 0 Å². The number of hydrogen-bond acceptors (Lipinski definition) is 0. The maximum atomic E-state index is 2.00. The van der Waals surface area contributed by atoms with Crippen LogP contribution in [0.2, 0.25) is 0 Å². The molecular formula is C9H24PPd-3. The predicted octanol–water partition coefficient (Wildman–Crippen LogP) is 3.75. The maximum Gasteiger partial charge on any atom is 0 e. The standard InChI is InChI=1S/3C3H7.H3P.Pd/c3*1-3-2;;/h3*3H,1-2H3;1H3;/q3*-1;;. The van der Waals surface area contributed by atoms with E-state index in [0.29, 0.717) is 0 Å². The van der Waals surface area contributed by atoms with E-state index in [1.165, 1.54) is 0 Å². The van der Waals surface area contributed by atoms with Gasteiger partial charge in [0.1, 0.15) is 0 Å². The van der Waals surface area contributed by atoms with E-state index in [0.717, 1.165) is 0 Å². The van der Waals surface area contributed by atoms with Crippen molar-refractivity contribution in [2.75, 3.05) is 0 Å². The van der Waals surface area contributed by atoms with Crippen molar-refractivity contribution in [3.8, 4) is 0 Å². The summed E-state index contributed by atoms with van der Waals surface area (Å²) in [6.07, 6.45) is 6.00. The fourth-order valence-electron chi connectivity index (χ4n) is 0. The van der Waals surface area contributed by atoms with Crippen molar-refractivity contribution < 1.29 is 20.4 Å². The Hall–Kier alpha value is 1.09. The molecule has 0 aromatic heterocycles. The molecule has 2 heteroatoms. The monoisotopic (exact) mass is 269 g/mol. The van der Waals surface area contributed by atoms with Crippen LogP contribution >= 0.6 is 9.90 Å². The van der Waals surface area contributed by atoms with Crippen LogP contribution in [-0.4, -0.2) is 0 Å². The fraction of sp³-hybridized carbons (Fsp3) is 0.667. The van der Waals surface area contributed by atoms with Gasteiger partial charge in [-0.1, -0.05) is 0 Å². The van der Waals surface area contributed by atoms with E-state index in [-0.39, 0.29) is 30.3 Å². The van der Waals surface area contributed by atoms with Gasteiger partial charge in [0.25, 0.3) is 0 Å². The molecule has 0 saturated carbocycles. The average molecular weight is 270 g/mol. The Bertz CT molecular complexity index is 14.3. The zero-order valence-electron chi connectivity index (χ0n) is 8.76. The first-order valence-electron chi connectivity index (χ1n) is 3.46. The third kappa shape index (κ3) is 769. The van der Waals surface area contributed by atoms with E-state index in [1.807, 2.05) is 60.8 Å². The summed E-state index contributed by atoms with van der Waals surface area (Å²) in [6, 6.07) is 0. The van der Waals surface area contributed by atoms with Gasteiger partial charge in [0, 0.05) is 20.4 Å². The van der Waals surface area contributed by atoms with Crippen molar-refractivity contribution in [2.24, 2.45) is 0 Å². The molecule has 0 saturated heterocycles. The molecule has 1 atom stereocenters. The number of hydrogen-bond donors (Lipinski definition) is 0. The Morgan fingerprint density at radius 3 is 0.545 bits per heavy atom. The topological polar surface area (TPSA) is 0 Å². The minimum atomic E-state index is 0. The van der Waals surface area contributed by atoms with Gasteiger partial charge < -0.3 is 19.3 Å². The Morgan fingerprint density at radius 1 is 0.545 bits per heavy atom. The smallest absolute Gasteiger partial charge is 0 e. The van der Waals surface area contributed by atoms with E-state index >= 15 is 0 Å². The van der Waals surface area contributed by atoms with Crippen LogP contribution in [-0.2, 0) is 20.4 Å². The molecule has 0 spiro atoms. The first kappa shape index (κ1) is 29.6. The second kappa shape index (κ2) is 67.5. The van der Waals surface area contributed by atoms with E-state index in [1.54, 1.807) is 0 Å². The van der Waals surface area contributed by atoms with Gasteiger partial charge in [-0.05, 0) is 0 Å². The summed E-state index contributed by atoms with van der Waals surface area (Å²) < 4.78 is 0. The summed E-state index contributed by atoms with van der Waals surface area (Å²) in [5.74, 6) is 0. The van der Waals surface area contributed by atoms with Gasteiger partial charge in [-0.2, -0.15) is 51.4 Å². The molecule has 1 unspecified atom stereocenters. The van der Waals surface area contributed by atoms with Crippen LogP contribution in [0.3, 0.4) is 0 Å². The van der Waals surface area contributed by atoms with Crippen LogP contribution < -0.4 is 0 Å². The average Bonchev–Trinajstić information content (AvgIpc) is 1.70. The molecule has 0 aliphatic rings. The van der Waals surface area contributed by atoms with Crippen LogP contribution in [0.5, 0.6) is 0 Å². The van der Waals surface area contributed by atoms with Crippen LogP contribution in [0.1, 0.15) is 41.5 Å². The predicted molar refractivity (Wildman–Crippen MR) is 58.0 cm³/mol. The normalized spacial score (nSPS) is 4.91. The van der Waals surface area contributed by atoms with Crippen LogP contribution in [0, 0.1) is 19.3 Å². The molecule has 78 valence electrons. The maximum absolute atomic E-state index is 2.00. The molecule has 11 heavy (non-hydrogen) atoms. The van der Waals surface area contributed by atoms with Gasteiger partial charge in [-0.25, -0.2) is 0 Å². The fourth-order valence-corrected chi connectivity index (χ4v) is 0. The largest absolute Gasteiger partial charge is 0.335 e. The van der Waals surface area contributed by atoms with E-state index in [2.05, 4.69) is 0 Å². The van der Waals surface area contributed by atoms with Crippen molar-refractivity contribution >= 4 is 9.90 Å². The first-order valence-corrected chi connectivity index (χ1v) is 3.46. The molecule has 0 radical (unpaired) electrons. The molecule has 0 aliphatic carbocycles. The van der Waals surface area contributed by atoms with E-state index in [4.69, 9.17) is 0 Å². The quantitative estimate of drug-likeness (QED) is 0.357. The summed E-state index contributed by atoms with van der Waals surface area (Å²) in [4.78, 5) is 0. The van der Waals surface area contributed by atoms with Crippen molar-refractivity contribution in [3.63, 3.8) is 0 Å². The summed E-state index contributed by atoms with van der Waals surface area (Å²) in [5.41, 5.74) is 0. The Kier molecular flexibility index (Phi) is 181. The summed E-state index contributed by atoms with van der Waals surface area (Å²) in [5, 5.41) is 0. The van der Waals surface area contributed by atoms with Crippen LogP contribution in [0.25, 0.3) is 0 Å². The van der Waals surface area contributed by atoms with Crippen molar-refractivity contribution in [3.05, 3.63) is 19.3 Å². The summed E-state index contributed by atoms with van der Waals surface area (Å²) in [6.45, 7) is 12.0. The zero-order valence-corrected chi connectivity index (χ0v) is 11.7. The third-order valence-corrected chi connectivity index (χ3v) is 0. The number of rotatable bonds is 0. The molecule has 0 bridgehead atoms. The van der Waals surface area contributed by atoms with Crippen molar-refractivity contribution in [2.45, 2.75) is 41.5 Å². The molecule has 0 heterocycles. The second-order valence-corrected chi connectivity index (χ2v) is 1.73. The van der Waals surface area contributed by atoms with Crippen molar-refractivity contribution in [1.82, 2.24) is 0 Å². The second-order valence-electron chi connectivity index (χ2n) is 1.73. The molecule has 0 aromatic rings. The molecule has 0 amide bonds. The molecule has 0 aliphatic heterocycles. The minimum Gasteiger partial charge on any atom is -0.335 e. The molecule has 0 rings (SSSR count). The van der Waals surface area contributed by atoms with E-state index in [9.17, 15) is 0 Å². The van der Waals surface area contributed by atoms with Crippen LogP contribution in [0.4, 0.5) is 0 Å². The molecule has 0 fully saturated rings. The van der Waals surface area contributed by atoms with Gasteiger partial charge in [-0.15, -0.1) is 0 Å². The molecular weight excluding hydrogens is 245 g/mol. The molecule has 0 aromatic carbocycles. The molecule has 0 nitrogen and oxygen atoms in total. The Morgan fingerprint density at radius 2 is 0.545 bits per heavy atom. The van der Waals surface area contributed by atoms with Gasteiger partial charge in [0.05, 0.1) is 0 Å². The molecule has 0 N–H and O–H groups in total. The van der Waals surface area contributed by atoms with Gasteiger partial charge in [-0.3, -0.25) is 0 Å². The zero-order chi connectivity index (χ0) is 8.12. The first-order chi connectivity index (χ1) is 4.24. The van der Waals surface area contributed by atoms with Crippen LogP contribution in [0.15, 0.2) is 0 Å². The Balaban J connectivity index is -0.0000000150.